The van der Waals surface area contributed by atoms with Crippen molar-refractivity contribution < 1.29 is 0 Å². The van der Waals surface area contributed by atoms with Crippen molar-refractivity contribution in [2.45, 2.75) is 52.0 Å². The molecule has 0 rings (SSSR count). The second-order valence-corrected chi connectivity index (χ2v) is 3.59. The summed E-state index contributed by atoms with van der Waals surface area (Å²) in [6.45, 7) is 5.14. The Morgan fingerprint density at radius 3 is 2.17 bits per heavy atom. The number of unbranched alkanes of at least 4 members (excludes halogenated alkanes) is 1. The van der Waals surface area contributed by atoms with E-state index in [1.807, 2.05) is 0 Å². The van der Waals surface area contributed by atoms with E-state index in [0.29, 0.717) is 12.0 Å². The zero-order valence-electron chi connectivity index (χ0n) is 8.55. The van der Waals surface area contributed by atoms with Crippen LogP contribution in [0.4, 0.5) is 0 Å². The first-order chi connectivity index (χ1) is 5.76. The molecule has 12 heavy (non-hydrogen) atoms. The summed E-state index contributed by atoms with van der Waals surface area (Å²) in [5.41, 5.74) is 11.7. The Labute approximate surface area is 76.7 Å². The predicted molar refractivity (Wildman–Crippen MR) is 55.0 cm³/mol. The third kappa shape index (κ3) is 4.73. The van der Waals surface area contributed by atoms with Crippen LogP contribution in [0, 0.1) is 5.92 Å². The molecule has 0 aliphatic heterocycles. The lowest BCUT2D eigenvalue weighted by Gasteiger charge is -2.21. The van der Waals surface area contributed by atoms with E-state index in [4.69, 9.17) is 11.5 Å². The van der Waals surface area contributed by atoms with Gasteiger partial charge < -0.3 is 11.5 Å². The molecule has 0 amide bonds. The first-order valence-electron chi connectivity index (χ1n) is 5.21. The van der Waals surface area contributed by atoms with E-state index in [-0.39, 0.29) is 0 Å². The average molecular weight is 172 g/mol. The Kier molecular flexibility index (Phi) is 7.51. The van der Waals surface area contributed by atoms with Crippen LogP contribution in [0.1, 0.15) is 46.0 Å². The molecule has 0 radical (unpaired) electrons. The summed E-state index contributed by atoms with van der Waals surface area (Å²) >= 11 is 0. The fourth-order valence-corrected chi connectivity index (χ4v) is 1.55. The van der Waals surface area contributed by atoms with Gasteiger partial charge in [-0.05, 0) is 25.3 Å². The highest BCUT2D eigenvalue weighted by Crippen LogP contribution is 2.13. The van der Waals surface area contributed by atoms with Crippen LogP contribution in [0.15, 0.2) is 0 Å². The number of rotatable bonds is 7. The Bertz CT molecular complexity index is 93.8. The van der Waals surface area contributed by atoms with Gasteiger partial charge in [0, 0.05) is 6.04 Å². The molecule has 0 bridgehead atoms. The second-order valence-electron chi connectivity index (χ2n) is 3.59. The molecule has 0 aromatic heterocycles. The van der Waals surface area contributed by atoms with Crippen LogP contribution in [-0.4, -0.2) is 12.6 Å². The molecule has 2 nitrogen and oxygen atoms in total. The van der Waals surface area contributed by atoms with Gasteiger partial charge in [-0.15, -0.1) is 0 Å². The second kappa shape index (κ2) is 7.56. The number of hydrogen-bond donors (Lipinski definition) is 2. The van der Waals surface area contributed by atoms with Gasteiger partial charge in [-0.2, -0.15) is 0 Å². The average Bonchev–Trinajstić information content (AvgIpc) is 2.10. The van der Waals surface area contributed by atoms with Gasteiger partial charge in [-0.3, -0.25) is 0 Å². The minimum Gasteiger partial charge on any atom is -0.330 e. The van der Waals surface area contributed by atoms with Gasteiger partial charge >= 0.3 is 0 Å². The Hall–Kier alpha value is -0.0800. The smallest absolute Gasteiger partial charge is 0.00791 e. The van der Waals surface area contributed by atoms with E-state index in [0.717, 1.165) is 13.0 Å². The van der Waals surface area contributed by atoms with E-state index in [1.54, 1.807) is 0 Å². The molecule has 0 aromatic carbocycles. The maximum atomic E-state index is 6.02. The van der Waals surface area contributed by atoms with Crippen molar-refractivity contribution in [3.05, 3.63) is 0 Å². The standard InChI is InChI=1S/C10H24N2/c1-3-5-7-10(12)9(8-11)6-4-2/h9-10H,3-8,11-12H2,1-2H3/t9-,10-/m1/s1. The molecule has 2 atom stereocenters. The topological polar surface area (TPSA) is 52.0 Å². The molecule has 0 aliphatic rings. The zero-order valence-corrected chi connectivity index (χ0v) is 8.55. The molecule has 0 saturated heterocycles. The lowest BCUT2D eigenvalue weighted by Crippen LogP contribution is -2.34. The summed E-state index contributed by atoms with van der Waals surface area (Å²) in [5, 5.41) is 0. The molecule has 0 aliphatic carbocycles. The first-order valence-corrected chi connectivity index (χ1v) is 5.21. The summed E-state index contributed by atoms with van der Waals surface area (Å²) in [6.07, 6.45) is 5.99. The van der Waals surface area contributed by atoms with Gasteiger partial charge in [0.2, 0.25) is 0 Å². The highest BCUT2D eigenvalue weighted by molar-refractivity contribution is 4.73. The van der Waals surface area contributed by atoms with E-state index in [9.17, 15) is 0 Å². The van der Waals surface area contributed by atoms with Gasteiger partial charge in [0.25, 0.3) is 0 Å². The maximum Gasteiger partial charge on any atom is 0.00791 e. The summed E-state index contributed by atoms with van der Waals surface area (Å²) in [7, 11) is 0. The normalized spacial score (nSPS) is 16.0. The van der Waals surface area contributed by atoms with Crippen LogP contribution < -0.4 is 11.5 Å². The number of nitrogens with two attached hydrogens (primary N) is 2. The fourth-order valence-electron chi connectivity index (χ4n) is 1.55. The SMILES string of the molecule is CCCC[C@@H](N)[C@@H](CN)CCC. The molecule has 0 spiro atoms. The van der Waals surface area contributed by atoms with E-state index < -0.39 is 0 Å². The van der Waals surface area contributed by atoms with Crippen molar-refractivity contribution in [1.29, 1.82) is 0 Å². The summed E-state index contributed by atoms with van der Waals surface area (Å²) in [5.74, 6) is 0.543. The number of hydrogen-bond acceptors (Lipinski definition) is 2. The van der Waals surface area contributed by atoms with Gasteiger partial charge in [-0.1, -0.05) is 33.1 Å². The van der Waals surface area contributed by atoms with Crippen LogP contribution in [0.25, 0.3) is 0 Å². The van der Waals surface area contributed by atoms with Crippen molar-refractivity contribution in [2.24, 2.45) is 17.4 Å². The van der Waals surface area contributed by atoms with E-state index in [1.165, 1.54) is 25.7 Å². The Balaban J connectivity index is 3.60. The molecule has 0 heterocycles. The summed E-state index contributed by atoms with van der Waals surface area (Å²) < 4.78 is 0. The highest BCUT2D eigenvalue weighted by atomic mass is 14.7. The lowest BCUT2D eigenvalue weighted by atomic mass is 9.92. The molecule has 74 valence electrons. The predicted octanol–water partition coefficient (Wildman–Crippen LogP) is 1.88. The molecule has 0 aromatic rings. The molecule has 4 N–H and O–H groups in total. The summed E-state index contributed by atoms with van der Waals surface area (Å²) in [6, 6.07) is 0.329. The minimum absolute atomic E-state index is 0.329. The monoisotopic (exact) mass is 172 g/mol. The van der Waals surface area contributed by atoms with Gasteiger partial charge in [0.05, 0.1) is 0 Å². The van der Waals surface area contributed by atoms with Crippen LogP contribution in [0.3, 0.4) is 0 Å². The van der Waals surface area contributed by atoms with Crippen LogP contribution in [0.5, 0.6) is 0 Å². The first kappa shape index (κ1) is 11.9. The molecular formula is C10H24N2. The van der Waals surface area contributed by atoms with Gasteiger partial charge in [0.1, 0.15) is 0 Å². The fraction of sp³-hybridized carbons (Fsp3) is 1.00. The van der Waals surface area contributed by atoms with E-state index >= 15 is 0 Å². The minimum atomic E-state index is 0.329. The highest BCUT2D eigenvalue weighted by Gasteiger charge is 2.13. The van der Waals surface area contributed by atoms with Crippen molar-refractivity contribution in [1.82, 2.24) is 0 Å². The molecule has 2 heteroatoms. The maximum absolute atomic E-state index is 6.02. The molecule has 0 unspecified atom stereocenters. The Morgan fingerprint density at radius 2 is 1.75 bits per heavy atom. The van der Waals surface area contributed by atoms with Gasteiger partial charge in [-0.25, -0.2) is 0 Å². The quantitative estimate of drug-likeness (QED) is 0.616. The molecular weight excluding hydrogens is 148 g/mol. The van der Waals surface area contributed by atoms with Crippen molar-refractivity contribution in [3.8, 4) is 0 Å². The van der Waals surface area contributed by atoms with Crippen molar-refractivity contribution in [3.63, 3.8) is 0 Å². The van der Waals surface area contributed by atoms with Crippen LogP contribution in [-0.2, 0) is 0 Å². The van der Waals surface area contributed by atoms with E-state index in [2.05, 4.69) is 13.8 Å². The Morgan fingerprint density at radius 1 is 1.08 bits per heavy atom. The lowest BCUT2D eigenvalue weighted by molar-refractivity contribution is 0.373. The third-order valence-corrected chi connectivity index (χ3v) is 2.46. The largest absolute Gasteiger partial charge is 0.330 e. The zero-order chi connectivity index (χ0) is 9.40. The molecule has 0 saturated carbocycles. The molecule has 0 fully saturated rings. The van der Waals surface area contributed by atoms with Crippen LogP contribution >= 0.6 is 0 Å². The van der Waals surface area contributed by atoms with Crippen molar-refractivity contribution in [2.75, 3.05) is 6.54 Å². The van der Waals surface area contributed by atoms with Crippen molar-refractivity contribution >= 4 is 0 Å². The third-order valence-electron chi connectivity index (χ3n) is 2.46. The van der Waals surface area contributed by atoms with Crippen LogP contribution in [0.2, 0.25) is 0 Å². The van der Waals surface area contributed by atoms with Gasteiger partial charge in [0.15, 0.2) is 0 Å². The summed E-state index contributed by atoms with van der Waals surface area (Å²) in [4.78, 5) is 0.